The van der Waals surface area contributed by atoms with E-state index in [0.29, 0.717) is 16.4 Å². The second-order valence-electron chi connectivity index (χ2n) is 7.21. The molecule has 1 aliphatic rings. The minimum absolute atomic E-state index is 0.0894. The zero-order valence-electron chi connectivity index (χ0n) is 16.1. The van der Waals surface area contributed by atoms with E-state index in [2.05, 4.69) is 10.3 Å². The molecule has 0 radical (unpaired) electrons. The molecule has 1 aliphatic heterocycles. The number of rotatable bonds is 5. The zero-order chi connectivity index (χ0) is 20.2. The summed E-state index contributed by atoms with van der Waals surface area (Å²) >= 11 is 6.12. The maximum Gasteiger partial charge on any atom is 0.253 e. The molecule has 7 heteroatoms. The minimum Gasteiger partial charge on any atom is -0.345 e. The van der Waals surface area contributed by atoms with Gasteiger partial charge in [0.1, 0.15) is 12.4 Å². The molecule has 0 saturated carbocycles. The molecule has 1 N–H and O–H groups in total. The molecule has 150 valence electrons. The van der Waals surface area contributed by atoms with Crippen molar-refractivity contribution in [3.05, 3.63) is 64.9 Å². The molecule has 0 aliphatic carbocycles. The molecule has 0 bridgehead atoms. The Hall–Kier alpha value is -2.86. The number of fused-ring (bicyclic) bond motifs is 1. The van der Waals surface area contributed by atoms with Crippen molar-refractivity contribution in [1.29, 1.82) is 0 Å². The van der Waals surface area contributed by atoms with Gasteiger partial charge in [-0.15, -0.1) is 0 Å². The third kappa shape index (κ3) is 4.27. The molecule has 0 spiro atoms. The first kappa shape index (κ1) is 19.5. The van der Waals surface area contributed by atoms with Gasteiger partial charge in [0.15, 0.2) is 0 Å². The molecule has 2 heterocycles. The Bertz CT molecular complexity index is 1040. The number of likely N-dealkylation sites (tertiary alicyclic amines) is 1. The van der Waals surface area contributed by atoms with E-state index in [0.717, 1.165) is 37.0 Å². The summed E-state index contributed by atoms with van der Waals surface area (Å²) in [5.74, 6) is 0.472. The summed E-state index contributed by atoms with van der Waals surface area (Å²) in [6.07, 6.45) is 3.28. The highest BCUT2D eigenvalue weighted by Crippen LogP contribution is 2.19. The number of halogens is 1. The van der Waals surface area contributed by atoms with E-state index in [-0.39, 0.29) is 24.9 Å². The molecule has 29 heavy (non-hydrogen) atoms. The van der Waals surface area contributed by atoms with E-state index < -0.39 is 0 Å². The Kier molecular flexibility index (Phi) is 5.81. The first-order valence-corrected chi connectivity index (χ1v) is 10.3. The number of para-hydroxylation sites is 2. The van der Waals surface area contributed by atoms with E-state index in [9.17, 15) is 9.59 Å². The average Bonchev–Trinajstić information content (AvgIpc) is 3.10. The lowest BCUT2D eigenvalue weighted by Gasteiger charge is -2.27. The highest BCUT2D eigenvalue weighted by atomic mass is 35.5. The van der Waals surface area contributed by atoms with Crippen LogP contribution in [-0.4, -0.2) is 39.4 Å². The lowest BCUT2D eigenvalue weighted by Crippen LogP contribution is -2.38. The number of nitrogens with one attached hydrogen (secondary N) is 1. The molecule has 2 aromatic carbocycles. The number of nitrogens with zero attached hydrogens (tertiary/aromatic N) is 3. The molecule has 3 aromatic rings. The molecular weight excluding hydrogens is 388 g/mol. The summed E-state index contributed by atoms with van der Waals surface area (Å²) in [6.45, 7) is 2.05. The van der Waals surface area contributed by atoms with Gasteiger partial charge in [0.25, 0.3) is 5.91 Å². The van der Waals surface area contributed by atoms with Crippen LogP contribution in [0.1, 0.15) is 35.4 Å². The van der Waals surface area contributed by atoms with E-state index in [4.69, 9.17) is 11.6 Å². The first-order valence-electron chi connectivity index (χ1n) is 9.88. The van der Waals surface area contributed by atoms with Crippen LogP contribution in [0.15, 0.2) is 48.5 Å². The Morgan fingerprint density at radius 3 is 2.52 bits per heavy atom. The number of carbonyl (C=O) groups is 2. The smallest absolute Gasteiger partial charge is 0.253 e. The van der Waals surface area contributed by atoms with Crippen molar-refractivity contribution >= 4 is 34.4 Å². The lowest BCUT2D eigenvalue weighted by atomic mass is 10.1. The molecule has 1 aromatic heterocycles. The van der Waals surface area contributed by atoms with E-state index in [1.54, 1.807) is 24.3 Å². The van der Waals surface area contributed by atoms with Crippen molar-refractivity contribution < 1.29 is 9.59 Å². The Morgan fingerprint density at radius 1 is 1.00 bits per heavy atom. The maximum atomic E-state index is 12.8. The van der Waals surface area contributed by atoms with Crippen molar-refractivity contribution in [2.45, 2.75) is 32.4 Å². The number of amides is 2. The predicted octanol–water partition coefficient (Wildman–Crippen LogP) is 3.63. The second-order valence-corrected chi connectivity index (χ2v) is 7.61. The Morgan fingerprint density at radius 2 is 1.72 bits per heavy atom. The van der Waals surface area contributed by atoms with Crippen LogP contribution in [0.25, 0.3) is 11.0 Å². The molecule has 6 nitrogen and oxygen atoms in total. The molecule has 0 unspecified atom stereocenters. The molecule has 4 rings (SSSR count). The van der Waals surface area contributed by atoms with Crippen LogP contribution in [-0.2, 0) is 17.9 Å². The van der Waals surface area contributed by atoms with Crippen molar-refractivity contribution in [3.8, 4) is 0 Å². The third-order valence-electron chi connectivity index (χ3n) is 5.26. The van der Waals surface area contributed by atoms with Gasteiger partial charge in [0.05, 0.1) is 28.2 Å². The van der Waals surface area contributed by atoms with Gasteiger partial charge < -0.3 is 14.8 Å². The van der Waals surface area contributed by atoms with Crippen LogP contribution in [0.4, 0.5) is 0 Å². The third-order valence-corrected chi connectivity index (χ3v) is 5.59. The van der Waals surface area contributed by atoms with Gasteiger partial charge in [-0.1, -0.05) is 35.9 Å². The monoisotopic (exact) mass is 410 g/mol. The summed E-state index contributed by atoms with van der Waals surface area (Å²) in [6, 6.07) is 14.6. The second kappa shape index (κ2) is 8.66. The number of benzene rings is 2. The number of aromatic nitrogens is 2. The number of imidazole rings is 1. The minimum atomic E-state index is -0.267. The maximum absolute atomic E-state index is 12.8. The fraction of sp³-hybridized carbons (Fsp3) is 0.318. The molecule has 0 atom stereocenters. The highest BCUT2D eigenvalue weighted by Gasteiger charge is 2.20. The average molecular weight is 411 g/mol. The predicted molar refractivity (Wildman–Crippen MR) is 113 cm³/mol. The van der Waals surface area contributed by atoms with Gasteiger partial charge in [0.2, 0.25) is 5.91 Å². The lowest BCUT2D eigenvalue weighted by molar-refractivity contribution is -0.132. The zero-order valence-corrected chi connectivity index (χ0v) is 16.9. The number of hydrogen-bond acceptors (Lipinski definition) is 3. The Labute approximate surface area is 174 Å². The van der Waals surface area contributed by atoms with Crippen LogP contribution in [0.3, 0.4) is 0 Å². The van der Waals surface area contributed by atoms with Gasteiger partial charge in [-0.3, -0.25) is 9.59 Å². The van der Waals surface area contributed by atoms with Gasteiger partial charge >= 0.3 is 0 Å². The number of piperidine rings is 1. The standard InChI is InChI=1S/C22H23ClN4O2/c23-17-9-3-2-8-16(17)22(29)24-14-20-25-18-10-4-5-11-19(18)27(20)15-21(28)26-12-6-1-7-13-26/h2-5,8-11H,1,6-7,12-15H2,(H,24,29). The highest BCUT2D eigenvalue weighted by molar-refractivity contribution is 6.33. The largest absolute Gasteiger partial charge is 0.345 e. The molecule has 1 fully saturated rings. The normalized spacial score (nSPS) is 14.2. The van der Waals surface area contributed by atoms with E-state index in [1.807, 2.05) is 33.7 Å². The summed E-state index contributed by atoms with van der Waals surface area (Å²) in [5, 5.41) is 3.28. The van der Waals surface area contributed by atoms with Gasteiger partial charge in [0, 0.05) is 13.1 Å². The van der Waals surface area contributed by atoms with Gasteiger partial charge in [-0.2, -0.15) is 0 Å². The summed E-state index contributed by atoms with van der Waals surface area (Å²) in [5.41, 5.74) is 2.11. The van der Waals surface area contributed by atoms with Crippen molar-refractivity contribution in [2.75, 3.05) is 13.1 Å². The van der Waals surface area contributed by atoms with Crippen molar-refractivity contribution in [3.63, 3.8) is 0 Å². The quantitative estimate of drug-likeness (QED) is 0.698. The van der Waals surface area contributed by atoms with Crippen LogP contribution in [0.5, 0.6) is 0 Å². The van der Waals surface area contributed by atoms with E-state index >= 15 is 0 Å². The molecular formula is C22H23ClN4O2. The van der Waals surface area contributed by atoms with Crippen molar-refractivity contribution in [1.82, 2.24) is 19.8 Å². The number of carbonyl (C=O) groups excluding carboxylic acids is 2. The van der Waals surface area contributed by atoms with Crippen LogP contribution in [0, 0.1) is 0 Å². The summed E-state index contributed by atoms with van der Waals surface area (Å²) < 4.78 is 1.90. The molecule has 1 saturated heterocycles. The molecule has 2 amide bonds. The van der Waals surface area contributed by atoms with Crippen LogP contribution >= 0.6 is 11.6 Å². The number of hydrogen-bond donors (Lipinski definition) is 1. The topological polar surface area (TPSA) is 67.2 Å². The van der Waals surface area contributed by atoms with Gasteiger partial charge in [-0.25, -0.2) is 4.98 Å². The SMILES string of the molecule is O=C(NCc1nc2ccccc2n1CC(=O)N1CCCCC1)c1ccccc1Cl. The van der Waals surface area contributed by atoms with Crippen LogP contribution in [0.2, 0.25) is 5.02 Å². The fourth-order valence-electron chi connectivity index (χ4n) is 3.72. The van der Waals surface area contributed by atoms with Crippen LogP contribution < -0.4 is 5.32 Å². The first-order chi connectivity index (χ1) is 14.1. The summed E-state index contributed by atoms with van der Waals surface area (Å²) in [7, 11) is 0. The van der Waals surface area contributed by atoms with Gasteiger partial charge in [-0.05, 0) is 43.5 Å². The van der Waals surface area contributed by atoms with Crippen molar-refractivity contribution in [2.24, 2.45) is 0 Å². The fourth-order valence-corrected chi connectivity index (χ4v) is 3.94. The van der Waals surface area contributed by atoms with E-state index in [1.165, 1.54) is 6.42 Å². The summed E-state index contributed by atoms with van der Waals surface area (Å²) in [4.78, 5) is 31.9. The Balaban J connectivity index is 1.55.